The quantitative estimate of drug-likeness (QED) is 0.920. The normalized spacial score (nSPS) is 25.9. The summed E-state index contributed by atoms with van der Waals surface area (Å²) in [6.45, 7) is 4.47. The van der Waals surface area contributed by atoms with E-state index in [-0.39, 0.29) is 19.5 Å². The average Bonchev–Trinajstić information content (AvgIpc) is 2.90. The predicted molar refractivity (Wildman–Crippen MR) is 74.3 cm³/mol. The fraction of sp³-hybridized carbons (Fsp3) is 0.571. The van der Waals surface area contributed by atoms with Crippen LogP contribution in [-0.2, 0) is 11.3 Å². The van der Waals surface area contributed by atoms with Crippen LogP contribution >= 0.6 is 11.6 Å². The third-order valence-corrected chi connectivity index (χ3v) is 3.99. The average molecular weight is 300 g/mol. The van der Waals surface area contributed by atoms with Crippen LogP contribution in [0.25, 0.3) is 0 Å². The smallest absolute Gasteiger partial charge is 0.231 e. The van der Waals surface area contributed by atoms with Crippen LogP contribution in [0.15, 0.2) is 12.1 Å². The number of rotatable bonds is 3. The van der Waals surface area contributed by atoms with Crippen molar-refractivity contribution in [3.63, 3.8) is 0 Å². The van der Waals surface area contributed by atoms with E-state index in [4.69, 9.17) is 25.8 Å². The molecule has 0 amide bonds. The summed E-state index contributed by atoms with van der Waals surface area (Å²) in [5.41, 5.74) is 1.07. The number of hydrogen-bond donors (Lipinski definition) is 1. The van der Waals surface area contributed by atoms with Crippen molar-refractivity contribution in [1.29, 1.82) is 0 Å². The minimum absolute atomic E-state index is 0.0467. The van der Waals surface area contributed by atoms with Crippen LogP contribution in [0.1, 0.15) is 12.5 Å². The molecule has 6 heteroatoms. The highest BCUT2D eigenvalue weighted by atomic mass is 35.5. The summed E-state index contributed by atoms with van der Waals surface area (Å²) in [4.78, 5) is 2.28. The molecular weight excluding hydrogens is 282 g/mol. The first-order valence-electron chi connectivity index (χ1n) is 6.72. The fourth-order valence-electron chi connectivity index (χ4n) is 2.55. The summed E-state index contributed by atoms with van der Waals surface area (Å²) in [5, 5.41) is 9.80. The Morgan fingerprint density at radius 2 is 2.25 bits per heavy atom. The second-order valence-electron chi connectivity index (χ2n) is 5.23. The lowest BCUT2D eigenvalue weighted by molar-refractivity contribution is -0.0805. The predicted octanol–water partition coefficient (Wildman–Crippen LogP) is 1.65. The number of halogens is 1. The Kier molecular flexibility index (Phi) is 4.03. The molecule has 20 heavy (non-hydrogen) atoms. The topological polar surface area (TPSA) is 51.2 Å². The van der Waals surface area contributed by atoms with Crippen molar-refractivity contribution in [3.8, 4) is 11.5 Å². The van der Waals surface area contributed by atoms with E-state index >= 15 is 0 Å². The van der Waals surface area contributed by atoms with Crippen molar-refractivity contribution in [1.82, 2.24) is 4.90 Å². The summed E-state index contributed by atoms with van der Waals surface area (Å²) in [7, 11) is 0. The van der Waals surface area contributed by atoms with Gasteiger partial charge in [-0.05, 0) is 24.6 Å². The molecule has 1 saturated heterocycles. The number of morpholine rings is 1. The molecule has 0 radical (unpaired) electrons. The monoisotopic (exact) mass is 299 g/mol. The number of aliphatic hydroxyl groups is 1. The van der Waals surface area contributed by atoms with E-state index in [0.717, 1.165) is 12.1 Å². The zero-order valence-corrected chi connectivity index (χ0v) is 12.1. The summed E-state index contributed by atoms with van der Waals surface area (Å²) in [6, 6.07) is 4.18. The van der Waals surface area contributed by atoms with Crippen molar-refractivity contribution >= 4 is 11.6 Å². The molecule has 1 N–H and O–H groups in total. The van der Waals surface area contributed by atoms with Crippen LogP contribution in [-0.4, -0.2) is 48.7 Å². The maximum absolute atomic E-state index is 9.22. The number of hydrogen-bond acceptors (Lipinski definition) is 5. The van der Waals surface area contributed by atoms with Crippen molar-refractivity contribution in [3.05, 3.63) is 22.7 Å². The van der Waals surface area contributed by atoms with Gasteiger partial charge in [0.25, 0.3) is 0 Å². The van der Waals surface area contributed by atoms with Crippen LogP contribution in [0.2, 0.25) is 5.02 Å². The standard InChI is InChI=1S/C14H18ClNO4/c1-9-7-18-11(6-17)5-16(9)4-10-2-12(15)14-13(3-10)19-8-20-14/h2-3,9,11,17H,4-8H2,1H3. The van der Waals surface area contributed by atoms with E-state index in [1.807, 2.05) is 12.1 Å². The lowest BCUT2D eigenvalue weighted by Crippen LogP contribution is -2.48. The van der Waals surface area contributed by atoms with E-state index in [1.165, 1.54) is 0 Å². The molecule has 1 aromatic carbocycles. The molecule has 0 spiro atoms. The number of fused-ring (bicyclic) bond motifs is 1. The van der Waals surface area contributed by atoms with Gasteiger partial charge in [0, 0.05) is 19.1 Å². The summed E-state index contributed by atoms with van der Waals surface area (Å²) < 4.78 is 16.2. The Morgan fingerprint density at radius 3 is 3.05 bits per heavy atom. The van der Waals surface area contributed by atoms with Crippen molar-refractivity contribution < 1.29 is 19.3 Å². The van der Waals surface area contributed by atoms with Crippen LogP contribution in [0, 0.1) is 0 Å². The van der Waals surface area contributed by atoms with E-state index in [2.05, 4.69) is 11.8 Å². The van der Waals surface area contributed by atoms with Gasteiger partial charge in [0.1, 0.15) is 0 Å². The Hall–Kier alpha value is -1.01. The molecule has 3 rings (SSSR count). The molecule has 2 heterocycles. The third kappa shape index (κ3) is 2.72. The molecular formula is C14H18ClNO4. The second-order valence-corrected chi connectivity index (χ2v) is 5.64. The van der Waals surface area contributed by atoms with E-state index in [9.17, 15) is 5.11 Å². The molecule has 0 aromatic heterocycles. The van der Waals surface area contributed by atoms with Gasteiger partial charge in [0.2, 0.25) is 6.79 Å². The molecule has 0 bridgehead atoms. The highest BCUT2D eigenvalue weighted by Gasteiger charge is 2.26. The van der Waals surface area contributed by atoms with E-state index in [0.29, 0.717) is 35.7 Å². The third-order valence-electron chi connectivity index (χ3n) is 3.71. The van der Waals surface area contributed by atoms with Gasteiger partial charge in [-0.3, -0.25) is 4.90 Å². The molecule has 0 saturated carbocycles. The van der Waals surface area contributed by atoms with Gasteiger partial charge < -0.3 is 19.3 Å². The van der Waals surface area contributed by atoms with Gasteiger partial charge in [0.05, 0.1) is 24.3 Å². The summed E-state index contributed by atoms with van der Waals surface area (Å²) >= 11 is 6.20. The van der Waals surface area contributed by atoms with E-state index < -0.39 is 0 Å². The van der Waals surface area contributed by atoms with Crippen molar-refractivity contribution in [2.75, 3.05) is 26.6 Å². The molecule has 1 aromatic rings. The van der Waals surface area contributed by atoms with Gasteiger partial charge >= 0.3 is 0 Å². The number of aliphatic hydroxyl groups excluding tert-OH is 1. The molecule has 2 aliphatic rings. The number of benzene rings is 1. The van der Waals surface area contributed by atoms with Gasteiger partial charge in [-0.15, -0.1) is 0 Å². The largest absolute Gasteiger partial charge is 0.454 e. The van der Waals surface area contributed by atoms with Crippen molar-refractivity contribution in [2.24, 2.45) is 0 Å². The lowest BCUT2D eigenvalue weighted by Gasteiger charge is -2.37. The molecule has 2 aliphatic heterocycles. The molecule has 110 valence electrons. The van der Waals surface area contributed by atoms with Crippen LogP contribution in [0.3, 0.4) is 0 Å². The molecule has 1 fully saturated rings. The SMILES string of the molecule is CC1COC(CO)CN1Cc1cc(Cl)c2c(c1)OCO2. The zero-order valence-electron chi connectivity index (χ0n) is 11.3. The number of nitrogens with zero attached hydrogens (tertiary/aromatic N) is 1. The minimum atomic E-state index is -0.115. The molecule has 2 atom stereocenters. The highest BCUT2D eigenvalue weighted by molar-refractivity contribution is 6.32. The van der Waals surface area contributed by atoms with Crippen LogP contribution in [0.5, 0.6) is 11.5 Å². The summed E-state index contributed by atoms with van der Waals surface area (Å²) in [5.74, 6) is 1.32. The van der Waals surface area contributed by atoms with Gasteiger partial charge in [0.15, 0.2) is 11.5 Å². The first-order valence-corrected chi connectivity index (χ1v) is 7.09. The fourth-order valence-corrected chi connectivity index (χ4v) is 2.84. The Balaban J connectivity index is 1.75. The second kappa shape index (κ2) is 5.77. The van der Waals surface area contributed by atoms with E-state index in [1.54, 1.807) is 0 Å². The Labute approximate surface area is 123 Å². The minimum Gasteiger partial charge on any atom is -0.454 e. The van der Waals surface area contributed by atoms with Gasteiger partial charge in [-0.1, -0.05) is 11.6 Å². The maximum Gasteiger partial charge on any atom is 0.231 e. The van der Waals surface area contributed by atoms with Crippen LogP contribution in [0.4, 0.5) is 0 Å². The Morgan fingerprint density at radius 1 is 1.40 bits per heavy atom. The number of ether oxygens (including phenoxy) is 3. The van der Waals surface area contributed by atoms with Gasteiger partial charge in [-0.25, -0.2) is 0 Å². The first kappa shape index (κ1) is 13.9. The summed E-state index contributed by atoms with van der Waals surface area (Å²) in [6.07, 6.45) is -0.115. The van der Waals surface area contributed by atoms with Crippen molar-refractivity contribution in [2.45, 2.75) is 25.6 Å². The highest BCUT2D eigenvalue weighted by Crippen LogP contribution is 2.40. The van der Waals surface area contributed by atoms with Crippen LogP contribution < -0.4 is 9.47 Å². The molecule has 0 aliphatic carbocycles. The Bertz CT molecular complexity index is 496. The first-order chi connectivity index (χ1) is 9.67. The van der Waals surface area contributed by atoms with Gasteiger partial charge in [-0.2, -0.15) is 0 Å². The lowest BCUT2D eigenvalue weighted by atomic mass is 10.1. The maximum atomic E-state index is 9.22. The molecule has 2 unspecified atom stereocenters. The molecule has 5 nitrogen and oxygen atoms in total. The zero-order chi connectivity index (χ0) is 14.1.